The van der Waals surface area contributed by atoms with E-state index in [0.29, 0.717) is 0 Å². The van der Waals surface area contributed by atoms with Crippen molar-refractivity contribution in [2.75, 3.05) is 13.1 Å². The summed E-state index contributed by atoms with van der Waals surface area (Å²) in [6.07, 6.45) is 3.87. The second-order valence-corrected chi connectivity index (χ2v) is 4.51. The lowest BCUT2D eigenvalue weighted by Crippen LogP contribution is -2.31. The average Bonchev–Trinajstić information content (AvgIpc) is 2.60. The minimum Gasteiger partial charge on any atom is -0.316 e. The highest BCUT2D eigenvalue weighted by molar-refractivity contribution is 5.10. The molecule has 1 aromatic rings. The van der Waals surface area contributed by atoms with Crippen molar-refractivity contribution in [3.63, 3.8) is 0 Å². The second-order valence-electron chi connectivity index (χ2n) is 4.51. The highest BCUT2D eigenvalue weighted by atomic mass is 15.3. The maximum absolute atomic E-state index is 4.49. The van der Waals surface area contributed by atoms with Gasteiger partial charge in [-0.05, 0) is 58.2 Å². The van der Waals surface area contributed by atoms with E-state index in [0.717, 1.165) is 18.2 Å². The molecule has 2 heterocycles. The molecule has 1 aliphatic rings. The molecule has 1 aromatic heterocycles. The first-order chi connectivity index (χ1) is 7.29. The number of nitrogens with one attached hydrogen (secondary N) is 1. The zero-order valence-electron chi connectivity index (χ0n) is 9.79. The molecule has 84 valence electrons. The maximum atomic E-state index is 4.49. The van der Waals surface area contributed by atoms with Crippen molar-refractivity contribution in [1.29, 1.82) is 0 Å². The van der Waals surface area contributed by atoms with Crippen LogP contribution in [0, 0.1) is 12.8 Å². The fourth-order valence-corrected chi connectivity index (χ4v) is 2.43. The molecule has 1 fully saturated rings. The van der Waals surface area contributed by atoms with Gasteiger partial charge < -0.3 is 5.32 Å². The summed E-state index contributed by atoms with van der Waals surface area (Å²) in [5, 5.41) is 7.96. The third-order valence-electron chi connectivity index (χ3n) is 3.18. The Kier molecular flexibility index (Phi) is 3.41. The van der Waals surface area contributed by atoms with Crippen LogP contribution in [0.5, 0.6) is 0 Å². The summed E-state index contributed by atoms with van der Waals surface area (Å²) in [4.78, 5) is 0. The van der Waals surface area contributed by atoms with Crippen LogP contribution in [-0.2, 0) is 13.0 Å². The molecule has 2 rings (SSSR count). The van der Waals surface area contributed by atoms with Gasteiger partial charge in [-0.25, -0.2) is 0 Å². The van der Waals surface area contributed by atoms with Crippen molar-refractivity contribution in [3.05, 3.63) is 17.5 Å². The molecule has 0 aromatic carbocycles. The van der Waals surface area contributed by atoms with E-state index in [-0.39, 0.29) is 0 Å². The Morgan fingerprint density at radius 3 is 3.13 bits per heavy atom. The third-order valence-corrected chi connectivity index (χ3v) is 3.18. The van der Waals surface area contributed by atoms with Gasteiger partial charge in [0, 0.05) is 12.2 Å². The first-order valence-electron chi connectivity index (χ1n) is 6.03. The van der Waals surface area contributed by atoms with Crippen LogP contribution in [0.1, 0.15) is 31.2 Å². The average molecular weight is 207 g/mol. The van der Waals surface area contributed by atoms with Crippen LogP contribution in [0.25, 0.3) is 0 Å². The smallest absolute Gasteiger partial charge is 0.0596 e. The van der Waals surface area contributed by atoms with E-state index in [1.165, 1.54) is 38.0 Å². The van der Waals surface area contributed by atoms with E-state index in [1.54, 1.807) is 0 Å². The third kappa shape index (κ3) is 2.59. The summed E-state index contributed by atoms with van der Waals surface area (Å²) in [6, 6.07) is 2.23. The molecule has 0 saturated carbocycles. The monoisotopic (exact) mass is 207 g/mol. The van der Waals surface area contributed by atoms with Gasteiger partial charge in [0.2, 0.25) is 0 Å². The highest BCUT2D eigenvalue weighted by Gasteiger charge is 2.15. The molecular formula is C12H21N3. The number of hydrogen-bond acceptors (Lipinski definition) is 2. The maximum Gasteiger partial charge on any atom is 0.0596 e. The standard InChI is InChI=1S/C12H21N3/c1-3-15-12(7-10(2)14-15)8-11-5-4-6-13-9-11/h7,11,13H,3-6,8-9H2,1-2H3. The van der Waals surface area contributed by atoms with Crippen molar-refractivity contribution >= 4 is 0 Å². The Morgan fingerprint density at radius 1 is 1.60 bits per heavy atom. The molecule has 0 bridgehead atoms. The Labute approximate surface area is 91.9 Å². The van der Waals surface area contributed by atoms with Gasteiger partial charge >= 0.3 is 0 Å². The summed E-state index contributed by atoms with van der Waals surface area (Å²) in [5.74, 6) is 0.806. The summed E-state index contributed by atoms with van der Waals surface area (Å²) in [7, 11) is 0. The number of aryl methyl sites for hydroxylation is 2. The molecule has 0 spiro atoms. The van der Waals surface area contributed by atoms with Crippen molar-refractivity contribution < 1.29 is 0 Å². The summed E-state index contributed by atoms with van der Waals surface area (Å²) < 4.78 is 2.14. The van der Waals surface area contributed by atoms with Crippen LogP contribution in [0.2, 0.25) is 0 Å². The van der Waals surface area contributed by atoms with E-state index in [1.807, 2.05) is 0 Å². The number of nitrogens with zero attached hydrogens (tertiary/aromatic N) is 2. The van der Waals surface area contributed by atoms with Gasteiger partial charge in [-0.3, -0.25) is 4.68 Å². The fourth-order valence-electron chi connectivity index (χ4n) is 2.43. The molecule has 1 atom stereocenters. The van der Waals surface area contributed by atoms with Crippen molar-refractivity contribution in [2.45, 2.75) is 39.7 Å². The Balaban J connectivity index is 2.02. The van der Waals surface area contributed by atoms with Crippen LogP contribution in [-0.4, -0.2) is 22.9 Å². The molecule has 15 heavy (non-hydrogen) atoms. The molecule has 1 aliphatic heterocycles. The van der Waals surface area contributed by atoms with E-state index in [4.69, 9.17) is 0 Å². The molecule has 1 N–H and O–H groups in total. The molecule has 0 aliphatic carbocycles. The summed E-state index contributed by atoms with van der Waals surface area (Å²) in [5.41, 5.74) is 2.55. The number of rotatable bonds is 3. The zero-order chi connectivity index (χ0) is 10.7. The molecule has 3 nitrogen and oxygen atoms in total. The molecule has 1 saturated heterocycles. The molecule has 0 amide bonds. The highest BCUT2D eigenvalue weighted by Crippen LogP contribution is 2.17. The number of hydrogen-bond donors (Lipinski definition) is 1. The van der Waals surface area contributed by atoms with Crippen molar-refractivity contribution in [3.8, 4) is 0 Å². The Morgan fingerprint density at radius 2 is 2.47 bits per heavy atom. The number of piperidine rings is 1. The lowest BCUT2D eigenvalue weighted by atomic mass is 9.94. The summed E-state index contributed by atoms with van der Waals surface area (Å²) in [6.45, 7) is 7.60. The first kappa shape index (κ1) is 10.7. The lowest BCUT2D eigenvalue weighted by molar-refractivity contribution is 0.367. The van der Waals surface area contributed by atoms with E-state index in [2.05, 4.69) is 35.0 Å². The van der Waals surface area contributed by atoms with Crippen LogP contribution >= 0.6 is 0 Å². The minimum atomic E-state index is 0.806. The van der Waals surface area contributed by atoms with Gasteiger partial charge in [0.15, 0.2) is 0 Å². The van der Waals surface area contributed by atoms with Crippen LogP contribution in [0.15, 0.2) is 6.07 Å². The summed E-state index contributed by atoms with van der Waals surface area (Å²) >= 11 is 0. The molecule has 1 unspecified atom stereocenters. The quantitative estimate of drug-likeness (QED) is 0.818. The predicted octanol–water partition coefficient (Wildman–Crippen LogP) is 1.75. The van der Waals surface area contributed by atoms with Gasteiger partial charge in [-0.15, -0.1) is 0 Å². The fraction of sp³-hybridized carbons (Fsp3) is 0.750. The van der Waals surface area contributed by atoms with Crippen molar-refractivity contribution in [2.24, 2.45) is 5.92 Å². The topological polar surface area (TPSA) is 29.9 Å². The van der Waals surface area contributed by atoms with Gasteiger partial charge in [0.05, 0.1) is 5.69 Å². The van der Waals surface area contributed by atoms with Gasteiger partial charge in [-0.2, -0.15) is 5.10 Å². The largest absolute Gasteiger partial charge is 0.316 e. The second kappa shape index (κ2) is 4.79. The van der Waals surface area contributed by atoms with Crippen LogP contribution in [0.3, 0.4) is 0 Å². The molecular weight excluding hydrogens is 186 g/mol. The molecule has 0 radical (unpaired) electrons. The van der Waals surface area contributed by atoms with E-state index < -0.39 is 0 Å². The Bertz CT molecular complexity index is 311. The minimum absolute atomic E-state index is 0.806. The zero-order valence-corrected chi connectivity index (χ0v) is 9.79. The lowest BCUT2D eigenvalue weighted by Gasteiger charge is -2.22. The van der Waals surface area contributed by atoms with Crippen LogP contribution < -0.4 is 5.32 Å². The molecule has 3 heteroatoms. The van der Waals surface area contributed by atoms with Crippen LogP contribution in [0.4, 0.5) is 0 Å². The Hall–Kier alpha value is -0.830. The predicted molar refractivity (Wildman–Crippen MR) is 61.9 cm³/mol. The van der Waals surface area contributed by atoms with Gasteiger partial charge in [0.1, 0.15) is 0 Å². The number of aromatic nitrogens is 2. The van der Waals surface area contributed by atoms with E-state index >= 15 is 0 Å². The van der Waals surface area contributed by atoms with Gasteiger partial charge in [0.25, 0.3) is 0 Å². The van der Waals surface area contributed by atoms with E-state index in [9.17, 15) is 0 Å². The van der Waals surface area contributed by atoms with Crippen molar-refractivity contribution in [1.82, 2.24) is 15.1 Å². The normalized spacial score (nSPS) is 21.9. The first-order valence-corrected chi connectivity index (χ1v) is 6.03. The SMILES string of the molecule is CCn1nc(C)cc1CC1CCCNC1. The van der Waals surface area contributed by atoms with Gasteiger partial charge in [-0.1, -0.05) is 0 Å².